The van der Waals surface area contributed by atoms with Gasteiger partial charge in [0.05, 0.1) is 5.38 Å². The summed E-state index contributed by atoms with van der Waals surface area (Å²) in [5, 5.41) is 1.33. The molecule has 0 nitrogen and oxygen atoms in total. The highest BCUT2D eigenvalue weighted by atomic mass is 35.5. The average molecular weight is 266 g/mol. The Morgan fingerprint density at radius 1 is 1.27 bits per heavy atom. The molecule has 0 radical (unpaired) electrons. The van der Waals surface area contributed by atoms with Crippen LogP contribution in [0.5, 0.6) is 0 Å². The van der Waals surface area contributed by atoms with Gasteiger partial charge in [-0.1, -0.05) is 43.5 Å². The summed E-state index contributed by atoms with van der Waals surface area (Å²) < 4.78 is 0. The largest absolute Gasteiger partial charge is 0.118 e. The van der Waals surface area contributed by atoms with E-state index < -0.39 is 0 Å². The van der Waals surface area contributed by atoms with Gasteiger partial charge < -0.3 is 0 Å². The van der Waals surface area contributed by atoms with E-state index in [-0.39, 0.29) is 5.38 Å². The van der Waals surface area contributed by atoms with Gasteiger partial charge in [-0.3, -0.25) is 0 Å². The minimum atomic E-state index is -0.0499. The van der Waals surface area contributed by atoms with Crippen LogP contribution in [0.1, 0.15) is 37.6 Å². The van der Waals surface area contributed by atoms with Crippen molar-refractivity contribution < 1.29 is 0 Å². The van der Waals surface area contributed by atoms with E-state index in [4.69, 9.17) is 34.8 Å². The van der Waals surface area contributed by atoms with E-state index >= 15 is 0 Å². The van der Waals surface area contributed by atoms with Crippen LogP contribution < -0.4 is 0 Å². The standard InChI is InChI=1S/C12H15Cl3/c1-3-8(2)6-12(15)10-7-9(13)4-5-11(10)14/h4-5,7-8,12H,3,6H2,1-2H3. The second-order valence-electron chi connectivity index (χ2n) is 3.88. The molecule has 1 rings (SSSR count). The summed E-state index contributed by atoms with van der Waals surface area (Å²) in [7, 11) is 0. The first-order valence-electron chi connectivity index (χ1n) is 5.13. The maximum atomic E-state index is 6.31. The van der Waals surface area contributed by atoms with Crippen molar-refractivity contribution in [3.05, 3.63) is 33.8 Å². The van der Waals surface area contributed by atoms with Crippen molar-refractivity contribution in [2.24, 2.45) is 5.92 Å². The molecule has 0 aromatic heterocycles. The first-order chi connectivity index (χ1) is 7.04. The molecule has 15 heavy (non-hydrogen) atoms. The number of halogens is 3. The Hall–Kier alpha value is 0.0900. The highest BCUT2D eigenvalue weighted by Gasteiger charge is 2.14. The van der Waals surface area contributed by atoms with Crippen molar-refractivity contribution in [2.45, 2.75) is 32.1 Å². The fourth-order valence-electron chi connectivity index (χ4n) is 1.40. The van der Waals surface area contributed by atoms with Crippen LogP contribution in [0.4, 0.5) is 0 Å². The van der Waals surface area contributed by atoms with Gasteiger partial charge in [-0.05, 0) is 36.1 Å². The third kappa shape index (κ3) is 3.86. The van der Waals surface area contributed by atoms with E-state index in [0.717, 1.165) is 18.4 Å². The molecule has 0 heterocycles. The molecule has 84 valence electrons. The Morgan fingerprint density at radius 2 is 1.93 bits per heavy atom. The number of hydrogen-bond donors (Lipinski definition) is 0. The lowest BCUT2D eigenvalue weighted by molar-refractivity contribution is 0.508. The first kappa shape index (κ1) is 13.2. The minimum Gasteiger partial charge on any atom is -0.118 e. The van der Waals surface area contributed by atoms with Gasteiger partial charge in [-0.25, -0.2) is 0 Å². The van der Waals surface area contributed by atoms with Crippen molar-refractivity contribution in [1.82, 2.24) is 0 Å². The molecule has 3 heteroatoms. The molecule has 0 bridgehead atoms. The van der Waals surface area contributed by atoms with Crippen molar-refractivity contribution in [2.75, 3.05) is 0 Å². The lowest BCUT2D eigenvalue weighted by Gasteiger charge is -2.15. The summed E-state index contributed by atoms with van der Waals surface area (Å²) in [6.45, 7) is 4.35. The number of rotatable bonds is 4. The van der Waals surface area contributed by atoms with Crippen LogP contribution in [0.3, 0.4) is 0 Å². The average Bonchev–Trinajstić information content (AvgIpc) is 2.21. The van der Waals surface area contributed by atoms with Gasteiger partial charge in [0.25, 0.3) is 0 Å². The van der Waals surface area contributed by atoms with E-state index in [2.05, 4.69) is 13.8 Å². The maximum Gasteiger partial charge on any atom is 0.0603 e. The summed E-state index contributed by atoms with van der Waals surface area (Å²) in [6, 6.07) is 5.43. The molecule has 0 amide bonds. The van der Waals surface area contributed by atoms with Crippen LogP contribution in [0.15, 0.2) is 18.2 Å². The van der Waals surface area contributed by atoms with E-state index in [1.54, 1.807) is 12.1 Å². The van der Waals surface area contributed by atoms with Crippen molar-refractivity contribution in [3.8, 4) is 0 Å². The molecule has 0 aliphatic heterocycles. The quantitative estimate of drug-likeness (QED) is 0.612. The fourth-order valence-corrected chi connectivity index (χ4v) is 2.37. The van der Waals surface area contributed by atoms with Crippen molar-refractivity contribution >= 4 is 34.8 Å². The van der Waals surface area contributed by atoms with E-state index in [0.29, 0.717) is 16.0 Å². The summed E-state index contributed by atoms with van der Waals surface area (Å²) in [6.07, 6.45) is 2.06. The van der Waals surface area contributed by atoms with E-state index in [1.807, 2.05) is 6.07 Å². The molecule has 0 aliphatic rings. The second kappa shape index (κ2) is 5.98. The molecule has 0 fully saturated rings. The van der Waals surface area contributed by atoms with Gasteiger partial charge in [0.2, 0.25) is 0 Å². The molecule has 1 aromatic rings. The molecule has 0 spiro atoms. The molecule has 0 aliphatic carbocycles. The lowest BCUT2D eigenvalue weighted by atomic mass is 9.98. The SMILES string of the molecule is CCC(C)CC(Cl)c1cc(Cl)ccc1Cl. The Kier molecular flexibility index (Phi) is 5.25. The molecule has 2 unspecified atom stereocenters. The Labute approximate surface area is 107 Å². The zero-order valence-corrected chi connectivity index (χ0v) is 11.2. The molecule has 0 saturated heterocycles. The third-order valence-electron chi connectivity index (χ3n) is 2.60. The van der Waals surface area contributed by atoms with Crippen LogP contribution in [0, 0.1) is 5.92 Å². The Balaban J connectivity index is 2.80. The third-order valence-corrected chi connectivity index (χ3v) is 3.59. The van der Waals surface area contributed by atoms with Crippen LogP contribution in [-0.2, 0) is 0 Å². The summed E-state index contributed by atoms with van der Waals surface area (Å²) in [5.74, 6) is 0.600. The van der Waals surface area contributed by atoms with Crippen LogP contribution in [-0.4, -0.2) is 0 Å². The second-order valence-corrected chi connectivity index (χ2v) is 5.25. The van der Waals surface area contributed by atoms with E-state index in [1.165, 1.54) is 0 Å². The van der Waals surface area contributed by atoms with Crippen molar-refractivity contribution in [3.63, 3.8) is 0 Å². The predicted octanol–water partition coefficient (Wildman–Crippen LogP) is 5.71. The summed E-state index contributed by atoms with van der Waals surface area (Å²) in [4.78, 5) is 0. The Bertz CT molecular complexity index is 323. The van der Waals surface area contributed by atoms with Gasteiger partial charge in [0, 0.05) is 10.0 Å². The van der Waals surface area contributed by atoms with Gasteiger partial charge >= 0.3 is 0 Å². The predicted molar refractivity (Wildman–Crippen MR) is 69.1 cm³/mol. The van der Waals surface area contributed by atoms with Crippen LogP contribution in [0.25, 0.3) is 0 Å². The maximum absolute atomic E-state index is 6.31. The van der Waals surface area contributed by atoms with Gasteiger partial charge in [-0.15, -0.1) is 11.6 Å². The molecular formula is C12H15Cl3. The molecule has 2 atom stereocenters. The molecule has 0 saturated carbocycles. The van der Waals surface area contributed by atoms with Crippen molar-refractivity contribution in [1.29, 1.82) is 0 Å². The summed E-state index contributed by atoms with van der Waals surface area (Å²) in [5.41, 5.74) is 0.936. The fraction of sp³-hybridized carbons (Fsp3) is 0.500. The Morgan fingerprint density at radius 3 is 2.53 bits per heavy atom. The van der Waals surface area contributed by atoms with E-state index in [9.17, 15) is 0 Å². The van der Waals surface area contributed by atoms with Gasteiger partial charge in [0.1, 0.15) is 0 Å². The molecular weight excluding hydrogens is 250 g/mol. The topological polar surface area (TPSA) is 0 Å². The number of alkyl halides is 1. The highest BCUT2D eigenvalue weighted by molar-refractivity contribution is 6.34. The van der Waals surface area contributed by atoms with Gasteiger partial charge in [0.15, 0.2) is 0 Å². The van der Waals surface area contributed by atoms with Gasteiger partial charge in [-0.2, -0.15) is 0 Å². The first-order valence-corrected chi connectivity index (χ1v) is 6.32. The van der Waals surface area contributed by atoms with Crippen LogP contribution in [0.2, 0.25) is 10.0 Å². The normalized spacial score (nSPS) is 15.0. The zero-order valence-electron chi connectivity index (χ0n) is 8.93. The molecule has 1 aromatic carbocycles. The monoisotopic (exact) mass is 264 g/mol. The number of benzene rings is 1. The number of hydrogen-bond acceptors (Lipinski definition) is 0. The highest BCUT2D eigenvalue weighted by Crippen LogP contribution is 2.35. The summed E-state index contributed by atoms with van der Waals surface area (Å²) >= 11 is 18.3. The minimum absolute atomic E-state index is 0.0499. The lowest BCUT2D eigenvalue weighted by Crippen LogP contribution is -1.99. The smallest absolute Gasteiger partial charge is 0.0603 e. The zero-order chi connectivity index (χ0) is 11.4. The van der Waals surface area contributed by atoms with Crippen LogP contribution >= 0.6 is 34.8 Å². The molecule has 0 N–H and O–H groups in total.